The molecule has 8 nitrogen and oxygen atoms in total. The molecule has 9 heteroatoms. The third kappa shape index (κ3) is 8.04. The van der Waals surface area contributed by atoms with Crippen molar-refractivity contribution >= 4 is 45.6 Å². The second-order valence-electron chi connectivity index (χ2n) is 6.69. The Morgan fingerprint density at radius 3 is 2.53 bits per heavy atom. The Morgan fingerprint density at radius 2 is 1.83 bits per heavy atom. The Hall–Kier alpha value is -3.20. The molecule has 0 saturated carbocycles. The lowest BCUT2D eigenvalue weighted by atomic mass is 10.2. The molecule has 0 aromatic heterocycles. The lowest BCUT2D eigenvalue weighted by Crippen LogP contribution is -2.39. The fraction of sp³-hybridized carbons (Fsp3) is 0.238. The molecule has 0 aliphatic carbocycles. The number of hydrogen-bond acceptors (Lipinski definition) is 5. The second kappa shape index (κ2) is 11.7. The number of benzene rings is 2. The number of amides is 3. The Bertz CT molecular complexity index is 916. The Balaban J connectivity index is 1.94. The minimum Gasteiger partial charge on any atom is -0.483 e. The van der Waals surface area contributed by atoms with Crippen LogP contribution in [0.25, 0.3) is 0 Å². The van der Waals surface area contributed by atoms with Gasteiger partial charge in [0.15, 0.2) is 6.61 Å². The van der Waals surface area contributed by atoms with Gasteiger partial charge in [0.25, 0.3) is 5.91 Å². The van der Waals surface area contributed by atoms with Gasteiger partial charge in [-0.1, -0.05) is 48.0 Å². The average molecular weight is 475 g/mol. The maximum Gasteiger partial charge on any atom is 0.329 e. The van der Waals surface area contributed by atoms with Gasteiger partial charge in [0.05, 0.1) is 6.21 Å². The summed E-state index contributed by atoms with van der Waals surface area (Å²) in [5.41, 5.74) is 3.35. The van der Waals surface area contributed by atoms with Crippen LogP contribution in [0.1, 0.15) is 19.4 Å². The summed E-state index contributed by atoms with van der Waals surface area (Å²) in [5.74, 6) is -1.33. The van der Waals surface area contributed by atoms with Crippen molar-refractivity contribution in [2.45, 2.75) is 13.8 Å². The van der Waals surface area contributed by atoms with Crippen LogP contribution in [-0.4, -0.2) is 37.1 Å². The van der Waals surface area contributed by atoms with Gasteiger partial charge in [0, 0.05) is 22.3 Å². The molecule has 0 saturated heterocycles. The largest absolute Gasteiger partial charge is 0.483 e. The van der Waals surface area contributed by atoms with E-state index in [4.69, 9.17) is 4.74 Å². The summed E-state index contributed by atoms with van der Waals surface area (Å²) in [6.07, 6.45) is 1.34. The maximum atomic E-state index is 12.1. The van der Waals surface area contributed by atoms with Gasteiger partial charge in [0.1, 0.15) is 5.75 Å². The monoisotopic (exact) mass is 474 g/mol. The van der Waals surface area contributed by atoms with Crippen LogP contribution in [0.3, 0.4) is 0 Å². The van der Waals surface area contributed by atoms with Crippen molar-refractivity contribution in [1.29, 1.82) is 0 Å². The van der Waals surface area contributed by atoms with E-state index in [0.29, 0.717) is 23.5 Å². The lowest BCUT2D eigenvalue weighted by Gasteiger charge is -2.10. The molecule has 0 aliphatic rings. The molecule has 0 aliphatic heterocycles. The van der Waals surface area contributed by atoms with Crippen LogP contribution < -0.4 is 20.8 Å². The van der Waals surface area contributed by atoms with Crippen molar-refractivity contribution < 1.29 is 19.1 Å². The highest BCUT2D eigenvalue weighted by Crippen LogP contribution is 2.22. The summed E-state index contributed by atoms with van der Waals surface area (Å²) >= 11 is 3.35. The SMILES string of the molecule is CC(C)CNC(=O)C(=O)N/N=C\c1cc(Br)ccc1OCC(=O)Nc1ccccc1. The topological polar surface area (TPSA) is 109 Å². The summed E-state index contributed by atoms with van der Waals surface area (Å²) in [7, 11) is 0. The zero-order valence-corrected chi connectivity index (χ0v) is 18.2. The number of carbonyl (C=O) groups excluding carboxylic acids is 3. The van der Waals surface area contributed by atoms with E-state index in [1.165, 1.54) is 6.21 Å². The standard InChI is InChI=1S/C21H23BrN4O4/c1-14(2)11-23-20(28)21(29)26-24-12-15-10-16(22)8-9-18(15)30-13-19(27)25-17-6-4-3-5-7-17/h3-10,12,14H,11,13H2,1-2H3,(H,23,28)(H,25,27)(H,26,29)/b24-12-. The minimum atomic E-state index is -0.869. The van der Waals surface area contributed by atoms with Gasteiger partial charge in [-0.15, -0.1) is 0 Å². The van der Waals surface area contributed by atoms with Crippen LogP contribution in [-0.2, 0) is 14.4 Å². The summed E-state index contributed by atoms with van der Waals surface area (Å²) in [6.45, 7) is 4.03. The number of anilines is 1. The van der Waals surface area contributed by atoms with E-state index >= 15 is 0 Å². The molecule has 2 aromatic rings. The summed E-state index contributed by atoms with van der Waals surface area (Å²) in [6, 6.07) is 14.2. The third-order valence-corrected chi connectivity index (χ3v) is 4.13. The van der Waals surface area contributed by atoms with E-state index in [2.05, 4.69) is 37.1 Å². The minimum absolute atomic E-state index is 0.207. The second-order valence-corrected chi connectivity index (χ2v) is 7.60. The average Bonchev–Trinajstić information content (AvgIpc) is 2.72. The maximum absolute atomic E-state index is 12.1. The highest BCUT2D eigenvalue weighted by Gasteiger charge is 2.12. The number of hydrazone groups is 1. The van der Waals surface area contributed by atoms with Gasteiger partial charge in [0.2, 0.25) is 0 Å². The molecule has 0 bridgehead atoms. The van der Waals surface area contributed by atoms with Crippen LogP contribution in [0.2, 0.25) is 0 Å². The number of nitrogens with one attached hydrogen (secondary N) is 3. The van der Waals surface area contributed by atoms with Crippen molar-refractivity contribution in [3.63, 3.8) is 0 Å². The molecule has 158 valence electrons. The summed E-state index contributed by atoms with van der Waals surface area (Å²) in [5, 5.41) is 9.03. The first-order chi connectivity index (χ1) is 14.3. The fourth-order valence-corrected chi connectivity index (χ4v) is 2.58. The molecule has 0 fully saturated rings. The Morgan fingerprint density at radius 1 is 1.10 bits per heavy atom. The number of carbonyl (C=O) groups is 3. The molecular formula is C21H23BrN4O4. The van der Waals surface area contributed by atoms with Gasteiger partial charge in [-0.3, -0.25) is 14.4 Å². The summed E-state index contributed by atoms with van der Waals surface area (Å²) < 4.78 is 6.34. The molecule has 0 radical (unpaired) electrons. The smallest absolute Gasteiger partial charge is 0.329 e. The van der Waals surface area contributed by atoms with Crippen LogP contribution >= 0.6 is 15.9 Å². The number of rotatable bonds is 8. The highest BCUT2D eigenvalue weighted by atomic mass is 79.9. The molecule has 2 rings (SSSR count). The Labute approximate surface area is 183 Å². The van der Waals surface area contributed by atoms with Crippen molar-refractivity contribution in [2.24, 2.45) is 11.0 Å². The highest BCUT2D eigenvalue weighted by molar-refractivity contribution is 9.10. The first-order valence-corrected chi connectivity index (χ1v) is 10.0. The number of para-hydroxylation sites is 1. The van der Waals surface area contributed by atoms with E-state index < -0.39 is 11.8 Å². The first kappa shape index (κ1) is 23.1. The quantitative estimate of drug-likeness (QED) is 0.310. The van der Waals surface area contributed by atoms with E-state index in [1.807, 2.05) is 32.0 Å². The van der Waals surface area contributed by atoms with Crippen molar-refractivity contribution in [1.82, 2.24) is 10.7 Å². The third-order valence-electron chi connectivity index (χ3n) is 3.63. The molecular weight excluding hydrogens is 452 g/mol. The number of nitrogens with zero attached hydrogens (tertiary/aromatic N) is 1. The molecule has 0 spiro atoms. The van der Waals surface area contributed by atoms with E-state index in [1.54, 1.807) is 30.3 Å². The molecule has 0 unspecified atom stereocenters. The predicted octanol–water partition coefficient (Wildman–Crippen LogP) is 2.69. The van der Waals surface area contributed by atoms with E-state index in [0.717, 1.165) is 4.47 Å². The van der Waals surface area contributed by atoms with Crippen LogP contribution in [0, 0.1) is 5.92 Å². The zero-order chi connectivity index (χ0) is 21.9. The summed E-state index contributed by atoms with van der Waals surface area (Å²) in [4.78, 5) is 35.5. The normalized spacial score (nSPS) is 10.7. The van der Waals surface area contributed by atoms with Gasteiger partial charge < -0.3 is 15.4 Å². The molecule has 3 N–H and O–H groups in total. The zero-order valence-electron chi connectivity index (χ0n) is 16.6. The lowest BCUT2D eigenvalue weighted by molar-refractivity contribution is -0.139. The molecule has 2 aromatic carbocycles. The van der Waals surface area contributed by atoms with Crippen LogP contribution in [0.15, 0.2) is 58.1 Å². The van der Waals surface area contributed by atoms with Crippen LogP contribution in [0.5, 0.6) is 5.75 Å². The number of halogens is 1. The van der Waals surface area contributed by atoms with E-state index in [-0.39, 0.29) is 18.4 Å². The number of ether oxygens (including phenoxy) is 1. The van der Waals surface area contributed by atoms with Crippen molar-refractivity contribution in [2.75, 3.05) is 18.5 Å². The predicted molar refractivity (Wildman–Crippen MR) is 118 cm³/mol. The van der Waals surface area contributed by atoms with E-state index in [9.17, 15) is 14.4 Å². The molecule has 0 atom stereocenters. The van der Waals surface area contributed by atoms with Crippen LogP contribution in [0.4, 0.5) is 5.69 Å². The molecule has 3 amide bonds. The Kier molecular flexibility index (Phi) is 9.02. The van der Waals surface area contributed by atoms with Gasteiger partial charge >= 0.3 is 11.8 Å². The molecule has 30 heavy (non-hydrogen) atoms. The van der Waals surface area contributed by atoms with Crippen molar-refractivity contribution in [3.05, 3.63) is 58.6 Å². The van der Waals surface area contributed by atoms with Crippen molar-refractivity contribution in [3.8, 4) is 5.75 Å². The first-order valence-electron chi connectivity index (χ1n) is 9.23. The fourth-order valence-electron chi connectivity index (χ4n) is 2.20. The van der Waals surface area contributed by atoms with Gasteiger partial charge in [-0.25, -0.2) is 5.43 Å². The van der Waals surface area contributed by atoms with Gasteiger partial charge in [-0.2, -0.15) is 5.10 Å². The number of hydrogen-bond donors (Lipinski definition) is 3. The van der Waals surface area contributed by atoms with Gasteiger partial charge in [-0.05, 0) is 36.2 Å². The molecule has 0 heterocycles.